The van der Waals surface area contributed by atoms with Crippen LogP contribution < -0.4 is 20.7 Å². The number of nitrogens with zero attached hydrogens (tertiary/aromatic N) is 3. The van der Waals surface area contributed by atoms with Crippen molar-refractivity contribution < 1.29 is 23.0 Å². The van der Waals surface area contributed by atoms with Crippen LogP contribution >= 0.6 is 0 Å². The Bertz CT molecular complexity index is 790. The number of aromatic nitrogens is 2. The number of β-amino-alcohol motifs (C(OH)–C–C–N with tert-alkyl or cyclic N) is 1. The summed E-state index contributed by atoms with van der Waals surface area (Å²) in [5.74, 6) is 0.795. The third-order valence-corrected chi connectivity index (χ3v) is 4.46. The highest BCUT2D eigenvalue weighted by atomic mass is 19.4. The van der Waals surface area contributed by atoms with E-state index in [4.69, 9.17) is 5.73 Å². The lowest BCUT2D eigenvalue weighted by Crippen LogP contribution is -2.39. The number of halogens is 3. The largest absolute Gasteiger partial charge is 0.573 e. The highest BCUT2D eigenvalue weighted by Crippen LogP contribution is 2.25. The molecule has 4 N–H and O–H groups in total. The summed E-state index contributed by atoms with van der Waals surface area (Å²) in [6.45, 7) is 1.63. The van der Waals surface area contributed by atoms with E-state index in [1.807, 2.05) is 4.90 Å². The molecule has 1 aromatic carbocycles. The van der Waals surface area contributed by atoms with Gasteiger partial charge in [0.15, 0.2) is 0 Å². The first kappa shape index (κ1) is 20.2. The second kappa shape index (κ2) is 8.61. The van der Waals surface area contributed by atoms with Crippen molar-refractivity contribution in [1.82, 2.24) is 15.3 Å². The SMILES string of the molecule is Nc1cc(N2C[C@H](O)C[C@@H]2CNCCc2cccc(OC(F)(F)F)c2)ncn1. The smallest absolute Gasteiger partial charge is 0.406 e. The molecule has 1 aromatic heterocycles. The Kier molecular flexibility index (Phi) is 6.20. The molecule has 0 spiro atoms. The molecule has 1 fully saturated rings. The second-order valence-corrected chi connectivity index (χ2v) is 6.65. The minimum atomic E-state index is -4.70. The van der Waals surface area contributed by atoms with Gasteiger partial charge in [-0.25, -0.2) is 9.97 Å². The normalized spacial score (nSPS) is 19.8. The number of hydrogen-bond donors (Lipinski definition) is 3. The van der Waals surface area contributed by atoms with Crippen LogP contribution in [0.3, 0.4) is 0 Å². The lowest BCUT2D eigenvalue weighted by atomic mass is 10.1. The van der Waals surface area contributed by atoms with E-state index in [0.717, 1.165) is 5.56 Å². The fourth-order valence-electron chi connectivity index (χ4n) is 3.28. The number of nitrogens with one attached hydrogen (secondary N) is 1. The van der Waals surface area contributed by atoms with Gasteiger partial charge in [-0.05, 0) is 37.1 Å². The van der Waals surface area contributed by atoms with Gasteiger partial charge >= 0.3 is 6.36 Å². The number of nitrogen functional groups attached to an aromatic ring is 1. The number of hydrogen-bond acceptors (Lipinski definition) is 7. The third kappa shape index (κ3) is 5.70. The summed E-state index contributed by atoms with van der Waals surface area (Å²) in [6, 6.07) is 7.63. The predicted molar refractivity (Wildman–Crippen MR) is 97.9 cm³/mol. The molecule has 2 aromatic rings. The van der Waals surface area contributed by atoms with Crippen LogP contribution in [0.4, 0.5) is 24.8 Å². The van der Waals surface area contributed by atoms with Crippen LogP contribution in [0.2, 0.25) is 0 Å². The Balaban J connectivity index is 1.51. The molecular formula is C18H22F3N5O2. The highest BCUT2D eigenvalue weighted by Gasteiger charge is 2.32. The standard InChI is InChI=1S/C18H22F3N5O2/c19-18(20,21)28-15-3-1-2-12(6-15)4-5-23-9-13-7-14(27)10-26(13)17-8-16(22)24-11-25-17/h1-3,6,8,11,13-14,23,27H,4-5,7,9-10H2,(H2,22,24,25)/t13-,14-/m1/s1. The Morgan fingerprint density at radius 1 is 1.29 bits per heavy atom. The minimum absolute atomic E-state index is 0.0317. The quantitative estimate of drug-likeness (QED) is 0.613. The number of ether oxygens (including phenoxy) is 1. The zero-order valence-corrected chi connectivity index (χ0v) is 15.1. The number of aliphatic hydroxyl groups excluding tert-OH is 1. The molecule has 0 saturated carbocycles. The van der Waals surface area contributed by atoms with Crippen molar-refractivity contribution in [3.63, 3.8) is 0 Å². The van der Waals surface area contributed by atoms with Crippen molar-refractivity contribution in [2.24, 2.45) is 0 Å². The van der Waals surface area contributed by atoms with Gasteiger partial charge in [-0.3, -0.25) is 0 Å². The number of nitrogens with two attached hydrogens (primary N) is 1. The van der Waals surface area contributed by atoms with Gasteiger partial charge in [0.05, 0.1) is 6.10 Å². The summed E-state index contributed by atoms with van der Waals surface area (Å²) >= 11 is 0. The van der Waals surface area contributed by atoms with E-state index in [9.17, 15) is 18.3 Å². The van der Waals surface area contributed by atoms with E-state index in [2.05, 4.69) is 20.0 Å². The average molecular weight is 397 g/mol. The number of rotatable bonds is 7. The van der Waals surface area contributed by atoms with Gasteiger partial charge in [-0.15, -0.1) is 13.2 Å². The zero-order valence-electron chi connectivity index (χ0n) is 15.1. The molecule has 0 aliphatic carbocycles. The molecule has 10 heteroatoms. The fraction of sp³-hybridized carbons (Fsp3) is 0.444. The molecule has 1 aliphatic heterocycles. The van der Waals surface area contributed by atoms with Crippen LogP contribution in [0.1, 0.15) is 12.0 Å². The molecule has 0 bridgehead atoms. The molecule has 0 unspecified atom stereocenters. The maximum Gasteiger partial charge on any atom is 0.573 e. The van der Waals surface area contributed by atoms with Gasteiger partial charge in [-0.2, -0.15) is 0 Å². The van der Waals surface area contributed by atoms with Crippen LogP contribution in [0.25, 0.3) is 0 Å². The summed E-state index contributed by atoms with van der Waals surface area (Å²) in [7, 11) is 0. The van der Waals surface area contributed by atoms with Crippen molar-refractivity contribution >= 4 is 11.6 Å². The van der Waals surface area contributed by atoms with Crippen LogP contribution in [-0.4, -0.2) is 53.2 Å². The maximum atomic E-state index is 12.3. The van der Waals surface area contributed by atoms with E-state index in [-0.39, 0.29) is 11.8 Å². The number of alkyl halides is 3. The molecule has 0 radical (unpaired) electrons. The predicted octanol–water partition coefficient (Wildman–Crippen LogP) is 1.73. The number of anilines is 2. The molecule has 7 nitrogen and oxygen atoms in total. The van der Waals surface area contributed by atoms with Crippen molar-refractivity contribution in [2.45, 2.75) is 31.3 Å². The highest BCUT2D eigenvalue weighted by molar-refractivity contribution is 5.48. The Morgan fingerprint density at radius 3 is 2.86 bits per heavy atom. The summed E-state index contributed by atoms with van der Waals surface area (Å²) in [6.07, 6.45) is -2.64. The Labute approximate surface area is 160 Å². The van der Waals surface area contributed by atoms with Crippen LogP contribution in [0.5, 0.6) is 5.75 Å². The number of aliphatic hydroxyl groups is 1. The van der Waals surface area contributed by atoms with E-state index in [1.54, 1.807) is 12.1 Å². The topological polar surface area (TPSA) is 96.5 Å². The summed E-state index contributed by atoms with van der Waals surface area (Å²) < 4.78 is 40.9. The molecule has 3 rings (SSSR count). The minimum Gasteiger partial charge on any atom is -0.406 e. The number of benzene rings is 1. The molecular weight excluding hydrogens is 375 g/mol. The molecule has 1 saturated heterocycles. The lowest BCUT2D eigenvalue weighted by Gasteiger charge is -2.25. The summed E-state index contributed by atoms with van der Waals surface area (Å²) in [5, 5.41) is 13.3. The van der Waals surface area contributed by atoms with E-state index >= 15 is 0 Å². The first-order valence-electron chi connectivity index (χ1n) is 8.88. The van der Waals surface area contributed by atoms with E-state index in [0.29, 0.717) is 44.1 Å². The molecule has 2 heterocycles. The molecule has 2 atom stereocenters. The summed E-state index contributed by atoms with van der Waals surface area (Å²) in [4.78, 5) is 10.1. The third-order valence-electron chi connectivity index (χ3n) is 4.46. The van der Waals surface area contributed by atoms with Crippen molar-refractivity contribution in [3.8, 4) is 5.75 Å². The second-order valence-electron chi connectivity index (χ2n) is 6.65. The van der Waals surface area contributed by atoms with Gasteiger partial charge < -0.3 is 25.8 Å². The lowest BCUT2D eigenvalue weighted by molar-refractivity contribution is -0.274. The fourth-order valence-corrected chi connectivity index (χ4v) is 3.28. The first-order valence-corrected chi connectivity index (χ1v) is 8.88. The molecule has 1 aliphatic rings. The van der Waals surface area contributed by atoms with Gasteiger partial charge in [-0.1, -0.05) is 12.1 Å². The van der Waals surface area contributed by atoms with Crippen LogP contribution in [0.15, 0.2) is 36.7 Å². The maximum absolute atomic E-state index is 12.3. The zero-order chi connectivity index (χ0) is 20.1. The van der Waals surface area contributed by atoms with Gasteiger partial charge in [0, 0.05) is 25.2 Å². The Morgan fingerprint density at radius 2 is 2.11 bits per heavy atom. The average Bonchev–Trinajstić information content (AvgIpc) is 2.98. The van der Waals surface area contributed by atoms with Crippen molar-refractivity contribution in [2.75, 3.05) is 30.3 Å². The summed E-state index contributed by atoms with van der Waals surface area (Å²) in [5.41, 5.74) is 6.44. The van der Waals surface area contributed by atoms with Gasteiger partial charge in [0.1, 0.15) is 23.7 Å². The van der Waals surface area contributed by atoms with Crippen molar-refractivity contribution in [1.29, 1.82) is 0 Å². The van der Waals surface area contributed by atoms with Crippen molar-refractivity contribution in [3.05, 3.63) is 42.2 Å². The van der Waals surface area contributed by atoms with Crippen LogP contribution in [0, 0.1) is 0 Å². The monoisotopic (exact) mass is 397 g/mol. The Hall–Kier alpha value is -2.59. The van der Waals surface area contributed by atoms with Crippen LogP contribution in [-0.2, 0) is 6.42 Å². The molecule has 152 valence electrons. The van der Waals surface area contributed by atoms with Gasteiger partial charge in [0.25, 0.3) is 0 Å². The van der Waals surface area contributed by atoms with Gasteiger partial charge in [0.2, 0.25) is 0 Å². The molecule has 28 heavy (non-hydrogen) atoms. The van der Waals surface area contributed by atoms with E-state index < -0.39 is 12.5 Å². The first-order chi connectivity index (χ1) is 13.3. The molecule has 0 amide bonds. The van der Waals surface area contributed by atoms with E-state index in [1.165, 1.54) is 24.5 Å².